The van der Waals surface area contributed by atoms with Crippen molar-refractivity contribution in [1.82, 2.24) is 9.55 Å². The topological polar surface area (TPSA) is 34.9 Å². The third-order valence-corrected chi connectivity index (χ3v) is 4.76. The van der Waals surface area contributed by atoms with Crippen molar-refractivity contribution in [3.8, 4) is 11.3 Å². The van der Waals surface area contributed by atoms with Crippen molar-refractivity contribution in [2.45, 2.75) is 33.1 Å². The van der Waals surface area contributed by atoms with Gasteiger partial charge in [0.15, 0.2) is 5.43 Å². The quantitative estimate of drug-likeness (QED) is 0.634. The Labute approximate surface area is 146 Å². The van der Waals surface area contributed by atoms with E-state index in [0.717, 1.165) is 32.9 Å². The number of hydrogen-bond acceptors (Lipinski definition) is 2. The minimum absolute atomic E-state index is 0.0263. The van der Waals surface area contributed by atoms with Gasteiger partial charge < -0.3 is 4.57 Å². The van der Waals surface area contributed by atoms with Crippen molar-refractivity contribution in [3.05, 3.63) is 63.0 Å². The lowest BCUT2D eigenvalue weighted by atomic mass is 9.85. The average molecular weight is 341 g/mol. The number of aromatic nitrogens is 2. The second kappa shape index (κ2) is 5.75. The molecule has 4 heteroatoms. The Morgan fingerprint density at radius 3 is 2.54 bits per heavy atom. The van der Waals surface area contributed by atoms with Crippen LogP contribution in [0.4, 0.5) is 0 Å². The highest BCUT2D eigenvalue weighted by Crippen LogP contribution is 2.35. The van der Waals surface area contributed by atoms with E-state index in [1.165, 1.54) is 0 Å². The molecule has 0 aliphatic carbocycles. The summed E-state index contributed by atoms with van der Waals surface area (Å²) in [6, 6.07) is 7.62. The summed E-state index contributed by atoms with van der Waals surface area (Å²) in [7, 11) is 1.96. The van der Waals surface area contributed by atoms with Gasteiger partial charge in [0, 0.05) is 36.1 Å². The smallest absolute Gasteiger partial charge is 0.191 e. The standard InChI is InChI=1S/C20H21ClN2O/c1-12-8-15(20(2,3)4)16(21)9-13(12)18-10-19(24)14-11-22-7-6-17(14)23(18)5/h6-11H,1-5H3. The van der Waals surface area contributed by atoms with Crippen LogP contribution in [0.15, 0.2) is 41.5 Å². The summed E-state index contributed by atoms with van der Waals surface area (Å²) in [5.41, 5.74) is 4.86. The van der Waals surface area contributed by atoms with Crippen LogP contribution in [0.2, 0.25) is 5.02 Å². The molecule has 24 heavy (non-hydrogen) atoms. The van der Waals surface area contributed by atoms with Gasteiger partial charge in [-0.1, -0.05) is 38.4 Å². The van der Waals surface area contributed by atoms with E-state index in [2.05, 4.69) is 38.7 Å². The third-order valence-electron chi connectivity index (χ3n) is 4.45. The van der Waals surface area contributed by atoms with Crippen molar-refractivity contribution in [2.24, 2.45) is 7.05 Å². The molecule has 2 heterocycles. The van der Waals surface area contributed by atoms with E-state index in [1.807, 2.05) is 23.7 Å². The Morgan fingerprint density at radius 1 is 1.17 bits per heavy atom. The summed E-state index contributed by atoms with van der Waals surface area (Å²) >= 11 is 6.55. The molecule has 3 nitrogen and oxygen atoms in total. The maximum Gasteiger partial charge on any atom is 0.191 e. The number of nitrogens with zero attached hydrogens (tertiary/aromatic N) is 2. The van der Waals surface area contributed by atoms with Crippen LogP contribution < -0.4 is 5.43 Å². The Morgan fingerprint density at radius 2 is 1.88 bits per heavy atom. The van der Waals surface area contributed by atoms with Crippen molar-refractivity contribution in [2.75, 3.05) is 0 Å². The van der Waals surface area contributed by atoms with Crippen LogP contribution in [-0.4, -0.2) is 9.55 Å². The molecular weight excluding hydrogens is 320 g/mol. The van der Waals surface area contributed by atoms with Gasteiger partial charge in [-0.05, 0) is 35.6 Å². The first-order valence-electron chi connectivity index (χ1n) is 7.95. The van der Waals surface area contributed by atoms with E-state index >= 15 is 0 Å². The molecule has 0 amide bonds. The minimum Gasteiger partial charge on any atom is -0.343 e. The number of hydrogen-bond donors (Lipinski definition) is 0. The first-order valence-corrected chi connectivity index (χ1v) is 8.32. The van der Waals surface area contributed by atoms with E-state index in [1.54, 1.807) is 18.5 Å². The lowest BCUT2D eigenvalue weighted by molar-refractivity contribution is 0.590. The molecule has 0 spiro atoms. The van der Waals surface area contributed by atoms with Gasteiger partial charge in [-0.3, -0.25) is 9.78 Å². The molecule has 3 aromatic rings. The van der Waals surface area contributed by atoms with Crippen molar-refractivity contribution in [3.63, 3.8) is 0 Å². The molecule has 0 atom stereocenters. The molecule has 0 aliphatic heterocycles. The minimum atomic E-state index is -0.0265. The molecule has 0 saturated carbocycles. The Bertz CT molecular complexity index is 997. The van der Waals surface area contributed by atoms with Crippen LogP contribution in [0.5, 0.6) is 0 Å². The van der Waals surface area contributed by atoms with Crippen LogP contribution in [0, 0.1) is 6.92 Å². The number of aryl methyl sites for hydroxylation is 2. The molecule has 0 fully saturated rings. The molecule has 0 aliphatic rings. The van der Waals surface area contributed by atoms with Gasteiger partial charge in [-0.2, -0.15) is 0 Å². The predicted molar refractivity (Wildman–Crippen MR) is 101 cm³/mol. The van der Waals surface area contributed by atoms with Gasteiger partial charge in [-0.15, -0.1) is 0 Å². The zero-order valence-electron chi connectivity index (χ0n) is 14.6. The van der Waals surface area contributed by atoms with Crippen LogP contribution >= 0.6 is 11.6 Å². The number of pyridine rings is 2. The summed E-state index contributed by atoms with van der Waals surface area (Å²) in [5.74, 6) is 0. The molecular formula is C20H21ClN2O. The predicted octanol–water partition coefficient (Wildman–Crippen LogP) is 4.86. The van der Waals surface area contributed by atoms with Crippen LogP contribution in [0.25, 0.3) is 22.2 Å². The third kappa shape index (κ3) is 2.73. The summed E-state index contributed by atoms with van der Waals surface area (Å²) in [5, 5.41) is 1.35. The zero-order chi connectivity index (χ0) is 17.6. The van der Waals surface area contributed by atoms with Gasteiger partial charge in [0.25, 0.3) is 0 Å². The van der Waals surface area contributed by atoms with Crippen molar-refractivity contribution in [1.29, 1.82) is 0 Å². The Hall–Kier alpha value is -2.13. The van der Waals surface area contributed by atoms with E-state index in [0.29, 0.717) is 5.39 Å². The molecule has 124 valence electrons. The maximum atomic E-state index is 12.5. The second-order valence-electron chi connectivity index (χ2n) is 7.24. The molecule has 0 unspecified atom stereocenters. The van der Waals surface area contributed by atoms with Gasteiger partial charge >= 0.3 is 0 Å². The fourth-order valence-electron chi connectivity index (χ4n) is 3.09. The van der Waals surface area contributed by atoms with E-state index in [9.17, 15) is 4.79 Å². The molecule has 1 aromatic carbocycles. The van der Waals surface area contributed by atoms with Gasteiger partial charge in [0.05, 0.1) is 16.6 Å². The lowest BCUT2D eigenvalue weighted by Crippen LogP contribution is -2.13. The second-order valence-corrected chi connectivity index (χ2v) is 7.65. The molecule has 0 bridgehead atoms. The van der Waals surface area contributed by atoms with Gasteiger partial charge in [0.1, 0.15) is 0 Å². The van der Waals surface area contributed by atoms with Crippen molar-refractivity contribution < 1.29 is 0 Å². The van der Waals surface area contributed by atoms with Crippen LogP contribution in [0.1, 0.15) is 31.9 Å². The van der Waals surface area contributed by atoms with Crippen LogP contribution in [-0.2, 0) is 12.5 Å². The van der Waals surface area contributed by atoms with Gasteiger partial charge in [-0.25, -0.2) is 0 Å². The molecule has 0 saturated heterocycles. The first kappa shape index (κ1) is 16.7. The first-order chi connectivity index (χ1) is 11.2. The molecule has 0 N–H and O–H groups in total. The molecule has 0 radical (unpaired) electrons. The van der Waals surface area contributed by atoms with E-state index < -0.39 is 0 Å². The highest BCUT2D eigenvalue weighted by molar-refractivity contribution is 6.31. The fraction of sp³-hybridized carbons (Fsp3) is 0.300. The molecule has 3 rings (SSSR count). The average Bonchev–Trinajstić information content (AvgIpc) is 2.52. The number of rotatable bonds is 1. The van der Waals surface area contributed by atoms with Crippen LogP contribution in [0.3, 0.4) is 0 Å². The monoisotopic (exact) mass is 340 g/mol. The van der Waals surface area contributed by atoms with E-state index in [-0.39, 0.29) is 10.8 Å². The summed E-state index contributed by atoms with van der Waals surface area (Å²) in [6.07, 6.45) is 3.32. The van der Waals surface area contributed by atoms with Gasteiger partial charge in [0.2, 0.25) is 0 Å². The number of halogens is 1. The van der Waals surface area contributed by atoms with E-state index in [4.69, 9.17) is 11.6 Å². The summed E-state index contributed by atoms with van der Waals surface area (Å²) < 4.78 is 2.02. The Kier molecular flexibility index (Phi) is 4.00. The normalized spacial score (nSPS) is 11.9. The van der Waals surface area contributed by atoms with Crippen molar-refractivity contribution >= 4 is 22.5 Å². The largest absolute Gasteiger partial charge is 0.343 e. The molecule has 2 aromatic heterocycles. The lowest BCUT2D eigenvalue weighted by Gasteiger charge is -2.23. The Balaban J connectivity index is 2.31. The zero-order valence-corrected chi connectivity index (χ0v) is 15.4. The number of fused-ring (bicyclic) bond motifs is 1. The maximum absolute atomic E-state index is 12.5. The SMILES string of the molecule is Cc1cc(C(C)(C)C)c(Cl)cc1-c1cc(=O)c2cnccc2n1C. The summed E-state index contributed by atoms with van der Waals surface area (Å²) in [4.78, 5) is 16.5. The fourth-order valence-corrected chi connectivity index (χ4v) is 3.54. The number of benzene rings is 1. The highest BCUT2D eigenvalue weighted by atomic mass is 35.5. The summed E-state index contributed by atoms with van der Waals surface area (Å²) in [6.45, 7) is 8.49. The highest BCUT2D eigenvalue weighted by Gasteiger charge is 2.20.